The molecule has 0 bridgehead atoms. The molecule has 2 aromatic heterocycles. The molecule has 2 aromatic carbocycles. The van der Waals surface area contributed by atoms with E-state index in [1.807, 2.05) is 19.1 Å². The normalized spacial score (nSPS) is 11.6. The maximum Gasteiger partial charge on any atom is 0.282 e. The molecule has 0 aliphatic heterocycles. The van der Waals surface area contributed by atoms with Crippen molar-refractivity contribution >= 4 is 33.0 Å². The zero-order valence-corrected chi connectivity index (χ0v) is 19.8. The molecule has 0 fully saturated rings. The lowest BCUT2D eigenvalue weighted by atomic mass is 10.1. The molecule has 0 saturated heterocycles. The Morgan fingerprint density at radius 2 is 1.84 bits per heavy atom. The first-order chi connectivity index (χ1) is 14.9. The lowest BCUT2D eigenvalue weighted by Crippen LogP contribution is -2.22. The van der Waals surface area contributed by atoms with Crippen LogP contribution in [0.15, 0.2) is 62.9 Å². The Balaban J connectivity index is 1.82. The van der Waals surface area contributed by atoms with Gasteiger partial charge in [0.2, 0.25) is 0 Å². The van der Waals surface area contributed by atoms with E-state index >= 15 is 0 Å². The van der Waals surface area contributed by atoms with E-state index < -0.39 is 0 Å². The first-order valence-corrected chi connectivity index (χ1v) is 11.3. The summed E-state index contributed by atoms with van der Waals surface area (Å²) < 4.78 is 4.51. The molecule has 158 valence electrons. The van der Waals surface area contributed by atoms with Gasteiger partial charge in [0.15, 0.2) is 0 Å². The van der Waals surface area contributed by atoms with Gasteiger partial charge in [0, 0.05) is 33.5 Å². The number of hydrogen-bond donors (Lipinski definition) is 0. The molecule has 0 atom stereocenters. The van der Waals surface area contributed by atoms with Gasteiger partial charge in [0.25, 0.3) is 5.56 Å². The monoisotopic (exact) mass is 476 g/mol. The Morgan fingerprint density at radius 3 is 2.58 bits per heavy atom. The molecule has 5 nitrogen and oxygen atoms in total. The van der Waals surface area contributed by atoms with Gasteiger partial charge in [-0.25, -0.2) is 4.98 Å². The highest BCUT2D eigenvalue weighted by Gasteiger charge is 2.13. The highest BCUT2D eigenvalue weighted by Crippen LogP contribution is 2.23. The third kappa shape index (κ3) is 3.88. The molecule has 0 spiro atoms. The predicted molar refractivity (Wildman–Crippen MR) is 131 cm³/mol. The Bertz CT molecular complexity index is 1360. The fourth-order valence-electron chi connectivity index (χ4n) is 3.98. The van der Waals surface area contributed by atoms with Crippen molar-refractivity contribution in [3.05, 3.63) is 91.7 Å². The average Bonchev–Trinajstić information content (AvgIpc) is 3.06. The van der Waals surface area contributed by atoms with Crippen molar-refractivity contribution in [1.29, 1.82) is 0 Å². The van der Waals surface area contributed by atoms with Gasteiger partial charge in [-0.3, -0.25) is 4.79 Å². The molecular weight excluding hydrogens is 452 g/mol. The molecule has 0 unspecified atom stereocenters. The molecule has 0 amide bonds. The van der Waals surface area contributed by atoms with Crippen LogP contribution in [0.1, 0.15) is 42.2 Å². The number of benzene rings is 2. The molecule has 31 heavy (non-hydrogen) atoms. The van der Waals surface area contributed by atoms with Crippen LogP contribution in [0.2, 0.25) is 0 Å². The van der Waals surface area contributed by atoms with Crippen molar-refractivity contribution in [2.75, 3.05) is 0 Å². The largest absolute Gasteiger partial charge is 0.318 e. The van der Waals surface area contributed by atoms with Gasteiger partial charge in [0.1, 0.15) is 5.82 Å². The fourth-order valence-corrected chi connectivity index (χ4v) is 4.34. The van der Waals surface area contributed by atoms with Gasteiger partial charge in [-0.2, -0.15) is 9.78 Å². The molecular formula is C25H25BrN4O. The summed E-state index contributed by atoms with van der Waals surface area (Å²) in [5.74, 6) is 0.640. The summed E-state index contributed by atoms with van der Waals surface area (Å²) in [5, 5.41) is 5.11. The number of hydrogen-bond acceptors (Lipinski definition) is 3. The summed E-state index contributed by atoms with van der Waals surface area (Å²) in [5.41, 5.74) is 6.19. The molecule has 2 heterocycles. The third-order valence-electron chi connectivity index (χ3n) is 5.59. The van der Waals surface area contributed by atoms with Crippen LogP contribution >= 0.6 is 15.9 Å². The first kappa shape index (κ1) is 21.2. The number of aromatic nitrogens is 3. The number of nitrogens with zero attached hydrogens (tertiary/aromatic N) is 4. The zero-order chi connectivity index (χ0) is 22.1. The molecule has 6 heteroatoms. The number of halogens is 1. The Labute approximate surface area is 190 Å². The van der Waals surface area contributed by atoms with Crippen LogP contribution in [0.3, 0.4) is 0 Å². The van der Waals surface area contributed by atoms with Crippen LogP contribution in [0.5, 0.6) is 0 Å². The number of para-hydroxylation sites is 1. The van der Waals surface area contributed by atoms with Gasteiger partial charge >= 0.3 is 0 Å². The molecule has 4 aromatic rings. The standard InChI is InChI=1S/C25H25BrN4O/c1-5-18-9-7-8-10-23(18)29-16(3)13-19(17(29)4)15-27-30-24(6-2)28-22-12-11-20(26)14-21(22)25(30)31/h7-15H,5-6H2,1-4H3. The van der Waals surface area contributed by atoms with Crippen LogP contribution < -0.4 is 5.56 Å². The van der Waals surface area contributed by atoms with E-state index in [1.54, 1.807) is 12.3 Å². The molecule has 4 rings (SSSR count). The average molecular weight is 477 g/mol. The van der Waals surface area contributed by atoms with Gasteiger partial charge in [-0.05, 0) is 56.2 Å². The maximum atomic E-state index is 13.1. The molecule has 0 N–H and O–H groups in total. The van der Waals surface area contributed by atoms with Crippen molar-refractivity contribution in [2.24, 2.45) is 5.10 Å². The maximum absolute atomic E-state index is 13.1. The summed E-state index contributed by atoms with van der Waals surface area (Å²) in [7, 11) is 0. The predicted octanol–water partition coefficient (Wildman–Crippen LogP) is 5.57. The van der Waals surface area contributed by atoms with Gasteiger partial charge < -0.3 is 4.57 Å². The van der Waals surface area contributed by atoms with Crippen LogP contribution in [0.25, 0.3) is 16.6 Å². The second-order valence-corrected chi connectivity index (χ2v) is 8.46. The van der Waals surface area contributed by atoms with E-state index in [2.05, 4.69) is 81.7 Å². The Kier molecular flexibility index (Phi) is 5.92. The number of rotatable bonds is 5. The first-order valence-electron chi connectivity index (χ1n) is 10.5. The van der Waals surface area contributed by atoms with Crippen molar-refractivity contribution in [2.45, 2.75) is 40.5 Å². The minimum absolute atomic E-state index is 0.162. The highest BCUT2D eigenvalue weighted by atomic mass is 79.9. The summed E-state index contributed by atoms with van der Waals surface area (Å²) in [4.78, 5) is 17.8. The van der Waals surface area contributed by atoms with E-state index in [-0.39, 0.29) is 5.56 Å². The quantitative estimate of drug-likeness (QED) is 0.353. The Morgan fingerprint density at radius 1 is 1.06 bits per heavy atom. The van der Waals surface area contributed by atoms with E-state index in [0.717, 1.165) is 27.8 Å². The number of fused-ring (bicyclic) bond motifs is 1. The van der Waals surface area contributed by atoms with Crippen molar-refractivity contribution in [1.82, 2.24) is 14.2 Å². The zero-order valence-electron chi connectivity index (χ0n) is 18.2. The molecule has 0 aliphatic carbocycles. The van der Waals surface area contributed by atoms with Crippen molar-refractivity contribution in [3.8, 4) is 5.69 Å². The fraction of sp³-hybridized carbons (Fsp3) is 0.240. The van der Waals surface area contributed by atoms with Gasteiger partial charge in [0.05, 0.1) is 17.1 Å². The molecule has 0 aliphatic rings. The van der Waals surface area contributed by atoms with Crippen LogP contribution in [0.4, 0.5) is 0 Å². The second-order valence-electron chi connectivity index (χ2n) is 7.55. The van der Waals surface area contributed by atoms with Crippen LogP contribution in [-0.4, -0.2) is 20.4 Å². The summed E-state index contributed by atoms with van der Waals surface area (Å²) >= 11 is 3.44. The SMILES string of the molecule is CCc1ccccc1-n1c(C)cc(C=Nn2c(CC)nc3ccc(Br)cc3c2=O)c1C. The van der Waals surface area contributed by atoms with Gasteiger partial charge in [-0.15, -0.1) is 0 Å². The smallest absolute Gasteiger partial charge is 0.282 e. The topological polar surface area (TPSA) is 52.2 Å². The third-order valence-corrected chi connectivity index (χ3v) is 6.08. The molecule has 0 radical (unpaired) electrons. The summed E-state index contributed by atoms with van der Waals surface area (Å²) in [6, 6.07) is 16.1. The number of aryl methyl sites for hydroxylation is 3. The van der Waals surface area contributed by atoms with Crippen molar-refractivity contribution in [3.63, 3.8) is 0 Å². The minimum atomic E-state index is -0.162. The lowest BCUT2D eigenvalue weighted by molar-refractivity contribution is 0.734. The van der Waals surface area contributed by atoms with E-state index in [9.17, 15) is 4.79 Å². The van der Waals surface area contributed by atoms with E-state index in [1.165, 1.54) is 15.9 Å². The van der Waals surface area contributed by atoms with Gasteiger partial charge in [-0.1, -0.05) is 48.0 Å². The van der Waals surface area contributed by atoms with Crippen molar-refractivity contribution < 1.29 is 0 Å². The lowest BCUT2D eigenvalue weighted by Gasteiger charge is -2.13. The minimum Gasteiger partial charge on any atom is -0.318 e. The Hall–Kier alpha value is -2.99. The van der Waals surface area contributed by atoms with E-state index in [0.29, 0.717) is 23.1 Å². The van der Waals surface area contributed by atoms with E-state index in [4.69, 9.17) is 0 Å². The highest BCUT2D eigenvalue weighted by molar-refractivity contribution is 9.10. The van der Waals surface area contributed by atoms with Crippen LogP contribution in [0, 0.1) is 13.8 Å². The van der Waals surface area contributed by atoms with Crippen LogP contribution in [-0.2, 0) is 12.8 Å². The summed E-state index contributed by atoms with van der Waals surface area (Å²) in [6.07, 6.45) is 3.34. The second kappa shape index (κ2) is 8.63. The molecule has 0 saturated carbocycles. The summed E-state index contributed by atoms with van der Waals surface area (Å²) in [6.45, 7) is 8.32.